The first-order chi connectivity index (χ1) is 9.77. The second-order valence-corrected chi connectivity index (χ2v) is 5.08. The van der Waals surface area contributed by atoms with Gasteiger partial charge in [0, 0.05) is 25.4 Å². The summed E-state index contributed by atoms with van der Waals surface area (Å²) in [5.74, 6) is 0.558. The number of pyridine rings is 1. The Bertz CT molecular complexity index is 562. The van der Waals surface area contributed by atoms with E-state index in [4.69, 9.17) is 0 Å². The highest BCUT2D eigenvalue weighted by Crippen LogP contribution is 2.17. The van der Waals surface area contributed by atoms with E-state index in [1.54, 1.807) is 16.7 Å². The van der Waals surface area contributed by atoms with E-state index in [0.717, 1.165) is 26.1 Å². The molecule has 20 heavy (non-hydrogen) atoms. The molecule has 0 spiro atoms. The number of hydrogen-bond donors (Lipinski definition) is 1. The summed E-state index contributed by atoms with van der Waals surface area (Å²) in [5.41, 5.74) is 1.44. The zero-order chi connectivity index (χ0) is 14.2. The van der Waals surface area contributed by atoms with Gasteiger partial charge in [-0.1, -0.05) is 43.3 Å². The van der Waals surface area contributed by atoms with Gasteiger partial charge in [-0.3, -0.25) is 4.79 Å². The van der Waals surface area contributed by atoms with Gasteiger partial charge >= 0.3 is 0 Å². The Morgan fingerprint density at radius 1 is 1.05 bits per heavy atom. The number of aromatic nitrogens is 1. The molecule has 106 valence electrons. The van der Waals surface area contributed by atoms with E-state index in [9.17, 15) is 4.79 Å². The molecule has 0 radical (unpaired) electrons. The fraction of sp³-hybridized carbons (Fsp3) is 0.353. The largest absolute Gasteiger partial charge is 0.315 e. The topological polar surface area (TPSA) is 34.0 Å². The molecular weight excluding hydrogens is 248 g/mol. The van der Waals surface area contributed by atoms with Crippen molar-refractivity contribution in [1.29, 1.82) is 0 Å². The quantitative estimate of drug-likeness (QED) is 0.785. The highest BCUT2D eigenvalue weighted by molar-refractivity contribution is 5.18. The minimum absolute atomic E-state index is 0.0620. The molecule has 0 fully saturated rings. The Morgan fingerprint density at radius 2 is 1.80 bits per heavy atom. The van der Waals surface area contributed by atoms with E-state index in [-0.39, 0.29) is 5.56 Å². The molecule has 1 atom stereocenters. The summed E-state index contributed by atoms with van der Waals surface area (Å²) < 4.78 is 1.73. The van der Waals surface area contributed by atoms with Gasteiger partial charge in [0.25, 0.3) is 5.56 Å². The first kappa shape index (κ1) is 14.5. The predicted octanol–water partition coefficient (Wildman–Crippen LogP) is 2.63. The molecule has 0 aliphatic heterocycles. The van der Waals surface area contributed by atoms with Gasteiger partial charge in [-0.2, -0.15) is 0 Å². The van der Waals surface area contributed by atoms with Crippen LogP contribution in [-0.4, -0.2) is 17.7 Å². The van der Waals surface area contributed by atoms with Crippen LogP contribution in [0.25, 0.3) is 0 Å². The molecule has 1 N–H and O–H groups in total. The number of nitrogens with zero attached hydrogens (tertiary/aromatic N) is 1. The van der Waals surface area contributed by atoms with Crippen LogP contribution in [0.1, 0.15) is 24.8 Å². The van der Waals surface area contributed by atoms with E-state index < -0.39 is 0 Å². The smallest absolute Gasteiger partial charge is 0.250 e. The molecule has 1 aromatic carbocycles. The van der Waals surface area contributed by atoms with Gasteiger partial charge in [0.05, 0.1) is 0 Å². The molecule has 1 aromatic heterocycles. The van der Waals surface area contributed by atoms with E-state index in [0.29, 0.717) is 5.92 Å². The molecule has 0 bridgehead atoms. The SMILES string of the molecule is CC(CCNCCn1ccccc1=O)c1ccccc1. The van der Waals surface area contributed by atoms with Crippen molar-refractivity contribution in [3.8, 4) is 0 Å². The van der Waals surface area contributed by atoms with Crippen molar-refractivity contribution in [3.05, 3.63) is 70.6 Å². The van der Waals surface area contributed by atoms with Gasteiger partial charge in [-0.15, -0.1) is 0 Å². The number of rotatable bonds is 7. The fourth-order valence-electron chi connectivity index (χ4n) is 2.24. The predicted molar refractivity (Wildman–Crippen MR) is 83.0 cm³/mol. The minimum Gasteiger partial charge on any atom is -0.315 e. The minimum atomic E-state index is 0.0620. The third kappa shape index (κ3) is 4.35. The Balaban J connectivity index is 1.67. The van der Waals surface area contributed by atoms with Crippen LogP contribution in [0.2, 0.25) is 0 Å². The van der Waals surface area contributed by atoms with Crippen molar-refractivity contribution >= 4 is 0 Å². The lowest BCUT2D eigenvalue weighted by Crippen LogP contribution is -2.27. The molecule has 0 aliphatic rings. The van der Waals surface area contributed by atoms with E-state index in [2.05, 4.69) is 36.5 Å². The van der Waals surface area contributed by atoms with Crippen molar-refractivity contribution in [2.75, 3.05) is 13.1 Å². The Labute approximate surface area is 120 Å². The summed E-state index contributed by atoms with van der Waals surface area (Å²) in [7, 11) is 0. The molecule has 0 amide bonds. The van der Waals surface area contributed by atoms with Crippen molar-refractivity contribution in [3.63, 3.8) is 0 Å². The number of benzene rings is 1. The second-order valence-electron chi connectivity index (χ2n) is 5.08. The number of hydrogen-bond acceptors (Lipinski definition) is 2. The van der Waals surface area contributed by atoms with Gasteiger partial charge in [0.2, 0.25) is 0 Å². The third-order valence-electron chi connectivity index (χ3n) is 3.55. The zero-order valence-corrected chi connectivity index (χ0v) is 12.0. The van der Waals surface area contributed by atoms with Crippen LogP contribution >= 0.6 is 0 Å². The van der Waals surface area contributed by atoms with Crippen LogP contribution in [0.4, 0.5) is 0 Å². The molecule has 2 aromatic rings. The maximum atomic E-state index is 11.5. The lowest BCUT2D eigenvalue weighted by atomic mass is 9.98. The summed E-state index contributed by atoms with van der Waals surface area (Å²) >= 11 is 0. The maximum absolute atomic E-state index is 11.5. The van der Waals surface area contributed by atoms with Gasteiger partial charge in [0.15, 0.2) is 0 Å². The molecule has 3 nitrogen and oxygen atoms in total. The Hall–Kier alpha value is -1.87. The summed E-state index contributed by atoms with van der Waals surface area (Å²) in [4.78, 5) is 11.5. The molecular formula is C17H22N2O. The highest BCUT2D eigenvalue weighted by atomic mass is 16.1. The van der Waals surface area contributed by atoms with Crippen molar-refractivity contribution in [2.45, 2.75) is 25.8 Å². The third-order valence-corrected chi connectivity index (χ3v) is 3.55. The molecule has 0 aliphatic carbocycles. The summed E-state index contributed by atoms with van der Waals surface area (Å²) in [6, 6.07) is 15.8. The van der Waals surface area contributed by atoms with Crippen LogP contribution in [0, 0.1) is 0 Å². The average Bonchev–Trinajstić information content (AvgIpc) is 2.49. The second kappa shape index (κ2) is 7.65. The standard InChI is InChI=1S/C17H22N2O/c1-15(16-7-3-2-4-8-16)10-11-18-12-14-19-13-6-5-9-17(19)20/h2-9,13,15,18H,10-12,14H2,1H3. The summed E-state index contributed by atoms with van der Waals surface area (Å²) in [6.07, 6.45) is 2.93. The fourth-order valence-corrected chi connectivity index (χ4v) is 2.24. The van der Waals surface area contributed by atoms with Gasteiger partial charge in [0.1, 0.15) is 0 Å². The van der Waals surface area contributed by atoms with Crippen LogP contribution in [0.15, 0.2) is 59.5 Å². The molecule has 0 saturated carbocycles. The van der Waals surface area contributed by atoms with Crippen LogP contribution in [-0.2, 0) is 6.54 Å². The molecule has 1 unspecified atom stereocenters. The van der Waals surface area contributed by atoms with Gasteiger partial charge in [-0.05, 0) is 30.5 Å². The lowest BCUT2D eigenvalue weighted by Gasteiger charge is -2.12. The zero-order valence-electron chi connectivity index (χ0n) is 12.0. The van der Waals surface area contributed by atoms with Crippen LogP contribution in [0.3, 0.4) is 0 Å². The average molecular weight is 270 g/mol. The van der Waals surface area contributed by atoms with Crippen molar-refractivity contribution < 1.29 is 0 Å². The summed E-state index contributed by atoms with van der Waals surface area (Å²) in [6.45, 7) is 4.77. The maximum Gasteiger partial charge on any atom is 0.250 e. The molecule has 2 rings (SSSR count). The first-order valence-electron chi connectivity index (χ1n) is 7.18. The van der Waals surface area contributed by atoms with E-state index in [1.807, 2.05) is 18.3 Å². The number of nitrogens with one attached hydrogen (secondary N) is 1. The van der Waals surface area contributed by atoms with Gasteiger partial charge in [-0.25, -0.2) is 0 Å². The van der Waals surface area contributed by atoms with E-state index in [1.165, 1.54) is 5.56 Å². The van der Waals surface area contributed by atoms with Crippen molar-refractivity contribution in [1.82, 2.24) is 9.88 Å². The highest BCUT2D eigenvalue weighted by Gasteiger charge is 2.03. The van der Waals surface area contributed by atoms with Crippen LogP contribution < -0.4 is 10.9 Å². The normalized spacial score (nSPS) is 12.2. The summed E-state index contributed by atoms with van der Waals surface area (Å²) in [5, 5.41) is 3.40. The molecule has 1 heterocycles. The van der Waals surface area contributed by atoms with E-state index >= 15 is 0 Å². The van der Waals surface area contributed by atoms with Crippen LogP contribution in [0.5, 0.6) is 0 Å². The Morgan fingerprint density at radius 3 is 2.55 bits per heavy atom. The molecule has 0 saturated heterocycles. The Kier molecular flexibility index (Phi) is 5.56. The lowest BCUT2D eigenvalue weighted by molar-refractivity contribution is 0.550. The molecule has 3 heteroatoms. The van der Waals surface area contributed by atoms with Gasteiger partial charge < -0.3 is 9.88 Å². The van der Waals surface area contributed by atoms with Crippen molar-refractivity contribution in [2.24, 2.45) is 0 Å². The first-order valence-corrected chi connectivity index (χ1v) is 7.18. The monoisotopic (exact) mass is 270 g/mol.